The molecule has 2 aromatic rings. The lowest BCUT2D eigenvalue weighted by atomic mass is 10.3. The minimum Gasteiger partial charge on any atom is -0.486 e. The van der Waals surface area contributed by atoms with E-state index in [4.69, 9.17) is 9.47 Å². The fourth-order valence-electron chi connectivity index (χ4n) is 2.09. The minimum absolute atomic E-state index is 0.212. The third-order valence-corrected chi connectivity index (χ3v) is 5.74. The van der Waals surface area contributed by atoms with E-state index in [0.717, 1.165) is 5.56 Å². The van der Waals surface area contributed by atoms with Gasteiger partial charge in [-0.25, -0.2) is 8.42 Å². The van der Waals surface area contributed by atoms with Crippen LogP contribution in [0.4, 0.5) is 0 Å². The molecule has 3 rings (SSSR count). The summed E-state index contributed by atoms with van der Waals surface area (Å²) in [5, 5.41) is 3.87. The quantitative estimate of drug-likeness (QED) is 0.866. The molecular weight excluding hydrogens is 310 g/mol. The number of ether oxygens (including phenoxy) is 2. The first kappa shape index (κ1) is 14.4. The van der Waals surface area contributed by atoms with Gasteiger partial charge in [-0.15, -0.1) is 0 Å². The minimum atomic E-state index is -3.55. The van der Waals surface area contributed by atoms with Crippen LogP contribution in [-0.4, -0.2) is 33.0 Å². The molecule has 0 bridgehead atoms. The largest absolute Gasteiger partial charge is 0.486 e. The van der Waals surface area contributed by atoms with Crippen LogP contribution in [0.2, 0.25) is 0 Å². The number of fused-ring (bicyclic) bond motifs is 1. The molecule has 0 spiro atoms. The summed E-state index contributed by atoms with van der Waals surface area (Å²) in [7, 11) is -1.97. The third-order valence-electron chi connectivity index (χ3n) is 3.21. The Kier molecular flexibility index (Phi) is 3.88. The number of hydrogen-bond donors (Lipinski definition) is 0. The maximum absolute atomic E-state index is 12.6. The molecule has 0 saturated carbocycles. The monoisotopic (exact) mass is 325 g/mol. The molecule has 1 aliphatic heterocycles. The Morgan fingerprint density at radius 3 is 2.67 bits per heavy atom. The Morgan fingerprint density at radius 2 is 1.95 bits per heavy atom. The summed E-state index contributed by atoms with van der Waals surface area (Å²) >= 11 is 1.55. The van der Waals surface area contributed by atoms with Crippen LogP contribution in [0.5, 0.6) is 11.5 Å². The molecule has 2 heterocycles. The zero-order chi connectivity index (χ0) is 14.9. The normalized spacial score (nSPS) is 14.4. The van der Waals surface area contributed by atoms with Gasteiger partial charge in [0.15, 0.2) is 11.5 Å². The number of sulfonamides is 1. The lowest BCUT2D eigenvalue weighted by Gasteiger charge is -2.21. The summed E-state index contributed by atoms with van der Waals surface area (Å²) < 4.78 is 37.3. The summed E-state index contributed by atoms with van der Waals surface area (Å²) in [5.74, 6) is 1.06. The average Bonchev–Trinajstić information content (AvgIpc) is 2.99. The van der Waals surface area contributed by atoms with Crippen molar-refractivity contribution < 1.29 is 17.9 Å². The summed E-state index contributed by atoms with van der Waals surface area (Å²) in [6.45, 7) is 1.26. The van der Waals surface area contributed by atoms with E-state index in [1.54, 1.807) is 30.5 Å². The van der Waals surface area contributed by atoms with Crippen LogP contribution < -0.4 is 9.47 Å². The van der Waals surface area contributed by atoms with Gasteiger partial charge in [0.25, 0.3) is 0 Å². The van der Waals surface area contributed by atoms with Gasteiger partial charge in [0.2, 0.25) is 10.0 Å². The maximum Gasteiger partial charge on any atom is 0.243 e. The molecule has 0 radical (unpaired) electrons. The average molecular weight is 325 g/mol. The number of thiophene rings is 1. The SMILES string of the molecule is CN(Cc1ccsc1)S(=O)(=O)c1ccc2c(c1)OCCO2. The van der Waals surface area contributed by atoms with Crippen molar-refractivity contribution in [3.63, 3.8) is 0 Å². The van der Waals surface area contributed by atoms with Crippen molar-refractivity contribution in [1.82, 2.24) is 4.31 Å². The van der Waals surface area contributed by atoms with Crippen LogP contribution in [-0.2, 0) is 16.6 Å². The van der Waals surface area contributed by atoms with Crippen LogP contribution in [0, 0.1) is 0 Å². The predicted octanol–water partition coefficient (Wildman–Crippen LogP) is 2.34. The van der Waals surface area contributed by atoms with Crippen molar-refractivity contribution in [3.05, 3.63) is 40.6 Å². The molecule has 0 atom stereocenters. The van der Waals surface area contributed by atoms with E-state index in [2.05, 4.69) is 0 Å². The molecule has 0 saturated heterocycles. The molecule has 0 unspecified atom stereocenters. The van der Waals surface area contributed by atoms with E-state index in [9.17, 15) is 8.42 Å². The third kappa shape index (κ3) is 2.90. The highest BCUT2D eigenvalue weighted by Gasteiger charge is 2.23. The van der Waals surface area contributed by atoms with Gasteiger partial charge in [0, 0.05) is 19.7 Å². The second-order valence-electron chi connectivity index (χ2n) is 4.70. The van der Waals surface area contributed by atoms with Gasteiger partial charge < -0.3 is 9.47 Å². The molecular formula is C14H15NO4S2. The highest BCUT2D eigenvalue weighted by molar-refractivity contribution is 7.89. The van der Waals surface area contributed by atoms with E-state index < -0.39 is 10.0 Å². The Morgan fingerprint density at radius 1 is 1.19 bits per heavy atom. The van der Waals surface area contributed by atoms with Gasteiger partial charge >= 0.3 is 0 Å². The summed E-state index contributed by atoms with van der Waals surface area (Å²) in [4.78, 5) is 0.212. The fourth-order valence-corrected chi connectivity index (χ4v) is 3.92. The molecule has 0 fully saturated rings. The van der Waals surface area contributed by atoms with Crippen LogP contribution in [0.1, 0.15) is 5.56 Å². The molecule has 0 N–H and O–H groups in total. The number of rotatable bonds is 4. The highest BCUT2D eigenvalue weighted by atomic mass is 32.2. The van der Waals surface area contributed by atoms with E-state index >= 15 is 0 Å². The molecule has 21 heavy (non-hydrogen) atoms. The van der Waals surface area contributed by atoms with Crippen molar-refractivity contribution >= 4 is 21.4 Å². The van der Waals surface area contributed by atoms with Crippen LogP contribution in [0.15, 0.2) is 39.9 Å². The molecule has 7 heteroatoms. The molecule has 5 nitrogen and oxygen atoms in total. The fraction of sp³-hybridized carbons (Fsp3) is 0.286. The van der Waals surface area contributed by atoms with Gasteiger partial charge in [-0.05, 0) is 34.5 Å². The van der Waals surface area contributed by atoms with Crippen molar-refractivity contribution in [2.45, 2.75) is 11.4 Å². The summed E-state index contributed by atoms with van der Waals surface area (Å²) in [6, 6.07) is 6.63. The maximum atomic E-state index is 12.6. The van der Waals surface area contributed by atoms with Crippen LogP contribution in [0.3, 0.4) is 0 Å². The smallest absolute Gasteiger partial charge is 0.243 e. The van der Waals surface area contributed by atoms with Crippen molar-refractivity contribution in [2.24, 2.45) is 0 Å². The zero-order valence-corrected chi connectivity index (χ0v) is 13.1. The van der Waals surface area contributed by atoms with Gasteiger partial charge in [-0.2, -0.15) is 15.6 Å². The second-order valence-corrected chi connectivity index (χ2v) is 7.52. The van der Waals surface area contributed by atoms with Gasteiger partial charge in [0.1, 0.15) is 13.2 Å². The molecule has 1 aliphatic rings. The van der Waals surface area contributed by atoms with E-state index in [0.29, 0.717) is 31.3 Å². The summed E-state index contributed by atoms with van der Waals surface area (Å²) in [6.07, 6.45) is 0. The molecule has 0 amide bonds. The first-order valence-electron chi connectivity index (χ1n) is 6.44. The highest BCUT2D eigenvalue weighted by Crippen LogP contribution is 2.33. The van der Waals surface area contributed by atoms with E-state index in [1.807, 2.05) is 16.8 Å². The molecule has 0 aliphatic carbocycles. The van der Waals surface area contributed by atoms with Crippen molar-refractivity contribution in [3.8, 4) is 11.5 Å². The number of hydrogen-bond acceptors (Lipinski definition) is 5. The van der Waals surface area contributed by atoms with Crippen molar-refractivity contribution in [1.29, 1.82) is 0 Å². The zero-order valence-electron chi connectivity index (χ0n) is 11.5. The summed E-state index contributed by atoms with van der Waals surface area (Å²) in [5.41, 5.74) is 0.976. The topological polar surface area (TPSA) is 55.8 Å². The molecule has 1 aromatic carbocycles. The lowest BCUT2D eigenvalue weighted by molar-refractivity contribution is 0.171. The van der Waals surface area contributed by atoms with Crippen LogP contribution in [0.25, 0.3) is 0 Å². The number of benzene rings is 1. The van der Waals surface area contributed by atoms with E-state index in [-0.39, 0.29) is 4.90 Å². The Balaban J connectivity index is 1.87. The first-order chi connectivity index (χ1) is 10.1. The van der Waals surface area contributed by atoms with Gasteiger partial charge in [0.05, 0.1) is 4.90 Å². The van der Waals surface area contributed by atoms with Gasteiger partial charge in [-0.3, -0.25) is 0 Å². The number of nitrogens with zero attached hydrogens (tertiary/aromatic N) is 1. The Bertz CT molecular complexity index is 725. The second kappa shape index (κ2) is 5.67. The van der Waals surface area contributed by atoms with Gasteiger partial charge in [-0.1, -0.05) is 0 Å². The molecule has 112 valence electrons. The Hall–Kier alpha value is -1.57. The van der Waals surface area contributed by atoms with E-state index in [1.165, 1.54) is 10.4 Å². The predicted molar refractivity (Wildman–Crippen MR) is 80.4 cm³/mol. The lowest BCUT2D eigenvalue weighted by Crippen LogP contribution is -2.26. The standard InChI is InChI=1S/C14H15NO4S2/c1-15(9-11-4-7-20-10-11)21(16,17)12-2-3-13-14(8-12)19-6-5-18-13/h2-4,7-8,10H,5-6,9H2,1H3. The van der Waals surface area contributed by atoms with Crippen LogP contribution >= 0.6 is 11.3 Å². The first-order valence-corrected chi connectivity index (χ1v) is 8.83. The Labute approximate surface area is 127 Å². The van der Waals surface area contributed by atoms with Crippen molar-refractivity contribution in [2.75, 3.05) is 20.3 Å². The molecule has 1 aromatic heterocycles.